The van der Waals surface area contributed by atoms with E-state index < -0.39 is 6.10 Å². The lowest BCUT2D eigenvalue weighted by molar-refractivity contribution is -0.167. The first kappa shape index (κ1) is 65.1. The largest absolute Gasteiger partial charge is 0.462 e. The summed E-state index contributed by atoms with van der Waals surface area (Å²) in [5, 5.41) is 0. The molecule has 6 heteroatoms. The smallest absolute Gasteiger partial charge is 0.306 e. The first-order valence-corrected chi connectivity index (χ1v) is 28.4. The van der Waals surface area contributed by atoms with Gasteiger partial charge in [0.2, 0.25) is 0 Å². The summed E-state index contributed by atoms with van der Waals surface area (Å²) < 4.78 is 16.8. The number of esters is 3. The van der Waals surface area contributed by atoms with Crippen molar-refractivity contribution < 1.29 is 28.6 Å². The van der Waals surface area contributed by atoms with Crippen LogP contribution in [0.3, 0.4) is 0 Å². The van der Waals surface area contributed by atoms with Gasteiger partial charge in [0.1, 0.15) is 13.2 Å². The van der Waals surface area contributed by atoms with E-state index in [0.717, 1.165) is 135 Å². The molecule has 0 aromatic heterocycles. The molecule has 0 rings (SSSR count). The van der Waals surface area contributed by atoms with Gasteiger partial charge in [-0.25, -0.2) is 0 Å². The molecule has 6 nitrogen and oxygen atoms in total. The second kappa shape index (κ2) is 56.7. The van der Waals surface area contributed by atoms with Crippen LogP contribution in [0.1, 0.15) is 252 Å². The maximum absolute atomic E-state index is 12.8. The topological polar surface area (TPSA) is 78.9 Å². The maximum Gasteiger partial charge on any atom is 0.306 e. The number of carbonyl (C=O) groups is 3. The Morgan fingerprint density at radius 3 is 0.913 bits per heavy atom. The monoisotopic (exact) mass is 957 g/mol. The third kappa shape index (κ3) is 54.9. The summed E-state index contributed by atoms with van der Waals surface area (Å²) in [7, 11) is 0. The van der Waals surface area contributed by atoms with Crippen LogP contribution in [0.15, 0.2) is 109 Å². The summed E-state index contributed by atoms with van der Waals surface area (Å²) in [6.07, 6.45) is 76.4. The molecule has 0 unspecified atom stereocenters. The highest BCUT2D eigenvalue weighted by molar-refractivity contribution is 5.71. The number of allylic oxidation sites excluding steroid dienone is 18. The van der Waals surface area contributed by atoms with Gasteiger partial charge in [-0.15, -0.1) is 0 Å². The minimum Gasteiger partial charge on any atom is -0.462 e. The Kier molecular flexibility index (Phi) is 53.4. The van der Waals surface area contributed by atoms with Gasteiger partial charge in [0, 0.05) is 19.3 Å². The Morgan fingerprint density at radius 1 is 0.304 bits per heavy atom. The van der Waals surface area contributed by atoms with Gasteiger partial charge in [-0.2, -0.15) is 0 Å². The summed E-state index contributed by atoms with van der Waals surface area (Å²) in [6, 6.07) is 0. The second-order valence-corrected chi connectivity index (χ2v) is 18.4. The van der Waals surface area contributed by atoms with E-state index in [1.54, 1.807) is 0 Å². The highest BCUT2D eigenvalue weighted by Crippen LogP contribution is 2.14. The normalized spacial score (nSPS) is 12.9. The molecule has 1 atom stereocenters. The average Bonchev–Trinajstić information content (AvgIpc) is 3.35. The zero-order valence-electron chi connectivity index (χ0n) is 44.8. The Bertz CT molecular complexity index is 1420. The summed E-state index contributed by atoms with van der Waals surface area (Å²) in [4.78, 5) is 38.2. The van der Waals surface area contributed by atoms with Crippen molar-refractivity contribution >= 4 is 17.9 Å². The van der Waals surface area contributed by atoms with Gasteiger partial charge in [-0.05, 0) is 122 Å². The van der Waals surface area contributed by atoms with Gasteiger partial charge >= 0.3 is 17.9 Å². The number of ether oxygens (including phenoxy) is 3. The zero-order chi connectivity index (χ0) is 50.0. The molecule has 0 aromatic rings. The molecular formula is C63H104O6. The van der Waals surface area contributed by atoms with Crippen LogP contribution in [-0.2, 0) is 28.6 Å². The predicted molar refractivity (Wildman–Crippen MR) is 297 cm³/mol. The van der Waals surface area contributed by atoms with Crippen LogP contribution < -0.4 is 0 Å². The fourth-order valence-electron chi connectivity index (χ4n) is 7.54. The maximum atomic E-state index is 12.8. The van der Waals surface area contributed by atoms with E-state index in [-0.39, 0.29) is 31.1 Å². The predicted octanol–water partition coefficient (Wildman–Crippen LogP) is 19.1. The summed E-state index contributed by atoms with van der Waals surface area (Å²) >= 11 is 0. The first-order chi connectivity index (χ1) is 34.0. The molecule has 0 saturated carbocycles. The SMILES string of the molecule is CC/C=C\C/C=C\C/C=C\C/C=C\C/C=C\CCCCCC(=O)OC[C@H](COC(=O)CCCCCCCCC/C=C\CCCCCCCC)OC(=O)CCCCCCC/C=C\C/C=C\C/C=C\CC. The lowest BCUT2D eigenvalue weighted by Crippen LogP contribution is -2.30. The first-order valence-electron chi connectivity index (χ1n) is 28.4. The van der Waals surface area contributed by atoms with Gasteiger partial charge in [0.05, 0.1) is 0 Å². The number of hydrogen-bond acceptors (Lipinski definition) is 6. The van der Waals surface area contributed by atoms with Gasteiger partial charge in [-0.1, -0.05) is 220 Å². The highest BCUT2D eigenvalue weighted by atomic mass is 16.6. The van der Waals surface area contributed by atoms with Crippen molar-refractivity contribution in [3.8, 4) is 0 Å². The summed E-state index contributed by atoms with van der Waals surface area (Å²) in [5.74, 6) is -0.954. The second-order valence-electron chi connectivity index (χ2n) is 18.4. The van der Waals surface area contributed by atoms with Crippen molar-refractivity contribution in [1.29, 1.82) is 0 Å². The molecule has 0 aromatic carbocycles. The molecule has 0 aliphatic heterocycles. The minimum atomic E-state index is -0.805. The molecule has 0 radical (unpaired) electrons. The van der Waals surface area contributed by atoms with Crippen LogP contribution in [0.25, 0.3) is 0 Å². The zero-order valence-corrected chi connectivity index (χ0v) is 44.8. The Morgan fingerprint density at radius 2 is 0.565 bits per heavy atom. The van der Waals surface area contributed by atoms with Crippen LogP contribution in [-0.4, -0.2) is 37.2 Å². The average molecular weight is 958 g/mol. The van der Waals surface area contributed by atoms with E-state index in [0.29, 0.717) is 19.3 Å². The quantitative estimate of drug-likeness (QED) is 0.0262. The van der Waals surface area contributed by atoms with Crippen LogP contribution in [0, 0.1) is 0 Å². The van der Waals surface area contributed by atoms with Crippen LogP contribution in [0.4, 0.5) is 0 Å². The standard InChI is InChI=1S/C63H104O6/c1-4-7-10-13-16-19-22-25-28-30-31-33-36-38-41-44-47-50-53-56-62(65)68-59-60(69-63(66)57-54-51-48-45-42-39-34-27-24-21-18-15-12-9-6-3)58-67-61(64)55-52-49-46-43-40-37-35-32-29-26-23-20-17-14-11-8-5-2/h7,9-10,12,16,18-19,21,25-29,31,33-34,38,41,60H,4-6,8,11,13-15,17,20,22-24,30,32,35-37,39-40,42-59H2,1-3H3/b10-7-,12-9-,19-16-,21-18-,28-25-,29-26-,33-31-,34-27-,41-38-/t60-/m0/s1. The Hall–Kier alpha value is -3.93. The third-order valence-corrected chi connectivity index (χ3v) is 11.7. The van der Waals surface area contributed by atoms with Gasteiger partial charge < -0.3 is 14.2 Å². The minimum absolute atomic E-state index is 0.0995. The number of unbranched alkanes of at least 4 members (excludes halogenated alkanes) is 21. The summed E-state index contributed by atoms with van der Waals surface area (Å²) in [5.41, 5.74) is 0. The molecule has 69 heavy (non-hydrogen) atoms. The molecule has 0 aliphatic carbocycles. The van der Waals surface area contributed by atoms with Crippen molar-refractivity contribution in [3.63, 3.8) is 0 Å². The van der Waals surface area contributed by atoms with Crippen molar-refractivity contribution in [3.05, 3.63) is 109 Å². The molecule has 392 valence electrons. The number of hydrogen-bond donors (Lipinski definition) is 0. The van der Waals surface area contributed by atoms with Crippen LogP contribution in [0.2, 0.25) is 0 Å². The lowest BCUT2D eigenvalue weighted by atomic mass is 10.1. The van der Waals surface area contributed by atoms with Gasteiger partial charge in [0.25, 0.3) is 0 Å². The Labute approximate surface area is 425 Å². The molecule has 0 fully saturated rings. The van der Waals surface area contributed by atoms with Crippen molar-refractivity contribution in [2.24, 2.45) is 0 Å². The van der Waals surface area contributed by atoms with Crippen molar-refractivity contribution in [1.82, 2.24) is 0 Å². The number of carbonyl (C=O) groups excluding carboxylic acids is 3. The van der Waals surface area contributed by atoms with Crippen LogP contribution in [0.5, 0.6) is 0 Å². The van der Waals surface area contributed by atoms with Crippen molar-refractivity contribution in [2.75, 3.05) is 13.2 Å². The van der Waals surface area contributed by atoms with Gasteiger partial charge in [-0.3, -0.25) is 14.4 Å². The van der Waals surface area contributed by atoms with E-state index in [2.05, 4.69) is 130 Å². The van der Waals surface area contributed by atoms with E-state index >= 15 is 0 Å². The molecule has 0 aliphatic rings. The van der Waals surface area contributed by atoms with E-state index in [1.807, 2.05) is 0 Å². The van der Waals surface area contributed by atoms with Crippen LogP contribution >= 0.6 is 0 Å². The Balaban J connectivity index is 4.48. The van der Waals surface area contributed by atoms with E-state index in [4.69, 9.17) is 14.2 Å². The lowest BCUT2D eigenvalue weighted by Gasteiger charge is -2.18. The third-order valence-electron chi connectivity index (χ3n) is 11.7. The fraction of sp³-hybridized carbons (Fsp3) is 0.667. The highest BCUT2D eigenvalue weighted by Gasteiger charge is 2.19. The number of rotatable bonds is 50. The molecule has 0 amide bonds. The molecule has 0 bridgehead atoms. The fourth-order valence-corrected chi connectivity index (χ4v) is 7.54. The van der Waals surface area contributed by atoms with Gasteiger partial charge in [0.15, 0.2) is 6.10 Å². The molecule has 0 heterocycles. The molecule has 0 saturated heterocycles. The van der Waals surface area contributed by atoms with E-state index in [9.17, 15) is 14.4 Å². The summed E-state index contributed by atoms with van der Waals surface area (Å²) in [6.45, 7) is 6.37. The van der Waals surface area contributed by atoms with E-state index in [1.165, 1.54) is 77.0 Å². The van der Waals surface area contributed by atoms with Crippen molar-refractivity contribution in [2.45, 2.75) is 258 Å². The molecule has 0 spiro atoms. The molecule has 0 N–H and O–H groups in total. The molecular weight excluding hydrogens is 853 g/mol.